The lowest BCUT2D eigenvalue weighted by molar-refractivity contribution is -0.140. The molecular weight excluding hydrogens is 931 g/mol. The van der Waals surface area contributed by atoms with Crippen LogP contribution < -0.4 is 47.9 Å². The molecule has 0 saturated heterocycles. The lowest BCUT2D eigenvalue weighted by Gasteiger charge is -2.27. The largest absolute Gasteiger partial charge is 0.480 e. The van der Waals surface area contributed by atoms with E-state index in [1.807, 2.05) is 19.9 Å². The molecule has 21 nitrogen and oxygen atoms in total. The van der Waals surface area contributed by atoms with Gasteiger partial charge in [-0.25, -0.2) is 9.59 Å². The minimum Gasteiger partial charge on any atom is -0.480 e. The maximum atomic E-state index is 13.1. The van der Waals surface area contributed by atoms with Crippen LogP contribution in [-0.4, -0.2) is 136 Å². The molecule has 2 aliphatic heterocycles. The number of hydrogen-bond acceptors (Lipinski definition) is 11. The number of unbranched alkanes of at least 4 members (excludes halogenated alkanes) is 5. The first-order valence-electron chi connectivity index (χ1n) is 25.1. The molecule has 0 saturated carbocycles. The number of carboxylic acids is 1. The summed E-state index contributed by atoms with van der Waals surface area (Å²) in [5.74, 6) is -5.40. The number of urea groups is 1. The average molecular weight is 1010 g/mol. The van der Waals surface area contributed by atoms with Gasteiger partial charge in [-0.15, -0.1) is 0 Å². The third-order valence-corrected chi connectivity index (χ3v) is 11.3. The van der Waals surface area contributed by atoms with Crippen LogP contribution in [0, 0.1) is 17.8 Å². The fourth-order valence-electron chi connectivity index (χ4n) is 6.97. The van der Waals surface area contributed by atoms with Crippen LogP contribution in [0.5, 0.6) is 0 Å². The number of aliphatic hydroxyl groups is 2. The van der Waals surface area contributed by atoms with Crippen molar-refractivity contribution in [3.63, 3.8) is 0 Å². The molecule has 0 aromatic heterocycles. The number of nitrogens with one attached hydrogen (secondary N) is 9. The molecule has 2 rings (SSSR count). The van der Waals surface area contributed by atoms with E-state index >= 15 is 0 Å². The van der Waals surface area contributed by atoms with Gasteiger partial charge in [0, 0.05) is 49.8 Å². The molecule has 0 fully saturated rings. The van der Waals surface area contributed by atoms with Crippen molar-refractivity contribution < 1.29 is 58.5 Å². The molecule has 0 unspecified atom stereocenters. The van der Waals surface area contributed by atoms with E-state index in [0.717, 1.165) is 12.8 Å². The van der Waals surface area contributed by atoms with Crippen LogP contribution in [0.1, 0.15) is 120 Å². The zero-order chi connectivity index (χ0) is 54.3. The minimum absolute atomic E-state index is 0.0109. The number of amides is 9. The summed E-state index contributed by atoms with van der Waals surface area (Å²) in [5.41, 5.74) is 0. The smallest absolute Gasteiger partial charge is 0.326 e. The Morgan fingerprint density at radius 3 is 1.96 bits per heavy atom. The molecule has 0 radical (unpaired) electrons. The molecule has 0 aliphatic carbocycles. The third kappa shape index (κ3) is 26.7. The highest BCUT2D eigenvalue weighted by atomic mass is 16.4. The Morgan fingerprint density at radius 1 is 0.736 bits per heavy atom. The van der Waals surface area contributed by atoms with Gasteiger partial charge in [0.2, 0.25) is 41.4 Å². The standard InChI is InChI=1S/C27H44N4O6.C24H39N5O6/c1-4-5-6-7-8-9-10-11-12-13-24(35)31-25(20(3)32)27(37)30-22-18-21(33)16-17-28-23(34)15-14-19(2)29-26(22)36;1-13(2)16-10-11-18(30)25-12-8-7-9-17(21(31)26-16)27-22(32)19(14(3)4)28-24(35)29-20(15(5)6)23(33)34/h10-15,19-22,25,32-33H,4-9,16-18H2,1-3H3,(H,28,34)(H,29,36)(H,30,37)(H,31,35);7,9-11,13-17,19-20H,8,12H2,1-6H3,(H,25,30)(H,26,31)(H,27,32)(H,33,34)(H2,28,29,35)/b11-10+,13-12+,15-14+;9-7+,11-10+/t19-,20+,21-,22+,25+;16-,17+,19+,20+/m01/s1. The molecule has 0 spiro atoms. The predicted molar refractivity (Wildman–Crippen MR) is 273 cm³/mol. The summed E-state index contributed by atoms with van der Waals surface area (Å²) in [5, 5.41) is 53.2. The van der Waals surface area contributed by atoms with E-state index in [-0.39, 0.29) is 49.0 Å². The summed E-state index contributed by atoms with van der Waals surface area (Å²) in [6.45, 7) is 16.3. The van der Waals surface area contributed by atoms with Gasteiger partial charge in [0.1, 0.15) is 30.2 Å². The van der Waals surface area contributed by atoms with Crippen LogP contribution in [-0.2, 0) is 38.4 Å². The average Bonchev–Trinajstić information content (AvgIpc) is 3.29. The van der Waals surface area contributed by atoms with Crippen LogP contribution in [0.3, 0.4) is 0 Å². The highest BCUT2D eigenvalue weighted by molar-refractivity contribution is 5.96. The van der Waals surface area contributed by atoms with Crippen molar-refractivity contribution in [1.29, 1.82) is 0 Å². The van der Waals surface area contributed by atoms with E-state index < -0.39 is 96.0 Å². The van der Waals surface area contributed by atoms with Crippen molar-refractivity contribution >= 4 is 53.4 Å². The second-order valence-electron chi connectivity index (χ2n) is 18.9. The zero-order valence-corrected chi connectivity index (χ0v) is 43.5. The molecule has 0 aromatic carbocycles. The van der Waals surface area contributed by atoms with Crippen molar-refractivity contribution in [1.82, 2.24) is 47.9 Å². The van der Waals surface area contributed by atoms with Crippen molar-refractivity contribution in [2.24, 2.45) is 17.8 Å². The highest BCUT2D eigenvalue weighted by Gasteiger charge is 2.33. The van der Waals surface area contributed by atoms with E-state index in [2.05, 4.69) is 54.8 Å². The Morgan fingerprint density at radius 2 is 1.35 bits per heavy atom. The Balaban J connectivity index is 0.000000721. The Bertz CT molecular complexity index is 1930. The van der Waals surface area contributed by atoms with Gasteiger partial charge in [-0.3, -0.25) is 33.6 Å². The highest BCUT2D eigenvalue weighted by Crippen LogP contribution is 2.10. The number of carbonyl (C=O) groups excluding carboxylic acids is 8. The molecular formula is C51H83N9O12. The normalized spacial score (nSPS) is 23.3. The number of rotatable bonds is 20. The molecule has 12 N–H and O–H groups in total. The Kier molecular flexibility index (Phi) is 30.8. The maximum absolute atomic E-state index is 13.1. The molecule has 9 atom stereocenters. The summed E-state index contributed by atoms with van der Waals surface area (Å²) in [6.07, 6.45) is 20.8. The van der Waals surface area contributed by atoms with Gasteiger partial charge < -0.3 is 63.2 Å². The first kappa shape index (κ1) is 63.7. The molecule has 2 heterocycles. The molecule has 72 heavy (non-hydrogen) atoms. The van der Waals surface area contributed by atoms with Crippen LogP contribution in [0.25, 0.3) is 0 Å². The third-order valence-electron chi connectivity index (χ3n) is 11.3. The topological polar surface area (TPSA) is 323 Å². The van der Waals surface area contributed by atoms with Gasteiger partial charge in [-0.1, -0.05) is 117 Å². The molecule has 404 valence electrons. The second-order valence-corrected chi connectivity index (χ2v) is 18.9. The van der Waals surface area contributed by atoms with E-state index in [4.69, 9.17) is 0 Å². The fraction of sp³-hybridized carbons (Fsp3) is 0.627. The summed E-state index contributed by atoms with van der Waals surface area (Å²) in [7, 11) is 0. The van der Waals surface area contributed by atoms with E-state index in [1.165, 1.54) is 56.9 Å². The lowest BCUT2D eigenvalue weighted by Crippen LogP contribution is -2.58. The van der Waals surface area contributed by atoms with E-state index in [9.17, 15) is 58.5 Å². The number of allylic oxidation sites excluding steroid dienone is 3. The first-order valence-corrected chi connectivity index (χ1v) is 25.1. The summed E-state index contributed by atoms with van der Waals surface area (Å²) in [6, 6.07) is -7.29. The Labute approximate surface area is 424 Å². The van der Waals surface area contributed by atoms with Crippen molar-refractivity contribution in [2.45, 2.75) is 175 Å². The second kappa shape index (κ2) is 34.9. The van der Waals surface area contributed by atoms with Crippen LogP contribution in [0.15, 0.2) is 60.8 Å². The van der Waals surface area contributed by atoms with Crippen molar-refractivity contribution in [3.8, 4) is 0 Å². The molecule has 2 aliphatic rings. The van der Waals surface area contributed by atoms with Gasteiger partial charge in [0.05, 0.1) is 12.2 Å². The lowest BCUT2D eigenvalue weighted by atomic mass is 10.0. The van der Waals surface area contributed by atoms with Gasteiger partial charge >= 0.3 is 12.0 Å². The number of aliphatic carboxylic acids is 1. The van der Waals surface area contributed by atoms with Gasteiger partial charge in [0.25, 0.3) is 0 Å². The zero-order valence-electron chi connectivity index (χ0n) is 43.5. The van der Waals surface area contributed by atoms with E-state index in [1.54, 1.807) is 65.0 Å². The summed E-state index contributed by atoms with van der Waals surface area (Å²) in [4.78, 5) is 111. The summed E-state index contributed by atoms with van der Waals surface area (Å²) >= 11 is 0. The number of aliphatic hydroxyl groups excluding tert-OH is 2. The first-order chi connectivity index (χ1) is 34.0. The molecule has 9 amide bonds. The van der Waals surface area contributed by atoms with Crippen LogP contribution in [0.4, 0.5) is 4.79 Å². The Hall–Kier alpha value is -6.35. The molecule has 21 heteroatoms. The number of carboxylic acid groups (broad SMARTS) is 1. The van der Waals surface area contributed by atoms with Crippen molar-refractivity contribution in [3.05, 3.63) is 60.8 Å². The van der Waals surface area contributed by atoms with Crippen LogP contribution >= 0.6 is 0 Å². The van der Waals surface area contributed by atoms with Crippen molar-refractivity contribution in [2.75, 3.05) is 13.1 Å². The fourth-order valence-corrected chi connectivity index (χ4v) is 6.97. The maximum Gasteiger partial charge on any atom is 0.326 e. The van der Waals surface area contributed by atoms with Gasteiger partial charge in [-0.2, -0.15) is 0 Å². The van der Waals surface area contributed by atoms with E-state index in [0.29, 0.717) is 13.0 Å². The monoisotopic (exact) mass is 1010 g/mol. The summed E-state index contributed by atoms with van der Waals surface area (Å²) < 4.78 is 0. The SMILES string of the molecule is CC(C)[C@H](NC(=O)N[C@H](C(=O)N[C@H]1/C=C/CCNC(=O)/C=C/[C@H](C(C)C)NC1=O)C(C)C)C(=O)O.CCCCCCC/C=C/C=C/C(=O)N[C@@H](C(=O)N[C@@H]1C[C@@H](O)CCNC(=O)/C=C/[C@H](C)NC1=O)[C@@H](C)O. The molecule has 0 bridgehead atoms. The predicted octanol–water partition coefficient (Wildman–Crippen LogP) is 1.82. The number of carbonyl (C=O) groups is 9. The van der Waals surface area contributed by atoms with Gasteiger partial charge in [0.15, 0.2) is 0 Å². The van der Waals surface area contributed by atoms with Gasteiger partial charge in [-0.05, 0) is 57.3 Å². The number of hydrogen-bond donors (Lipinski definition) is 12. The molecule has 0 aromatic rings. The quantitative estimate of drug-likeness (QED) is 0.0360. The minimum atomic E-state index is -1.30. The van der Waals surface area contributed by atoms with Crippen LogP contribution in [0.2, 0.25) is 0 Å².